The zero-order valence-electron chi connectivity index (χ0n) is 13.5. The third-order valence-corrected chi connectivity index (χ3v) is 3.91. The van der Waals surface area contributed by atoms with Crippen molar-refractivity contribution in [2.45, 2.75) is 18.9 Å². The summed E-state index contributed by atoms with van der Waals surface area (Å²) in [7, 11) is 3.29. The van der Waals surface area contributed by atoms with Gasteiger partial charge in [0.15, 0.2) is 0 Å². The molecule has 0 radical (unpaired) electrons. The van der Waals surface area contributed by atoms with Crippen molar-refractivity contribution in [3.05, 3.63) is 30.1 Å². The number of rotatable bonds is 4. The Morgan fingerprint density at radius 3 is 2.52 bits per heavy atom. The van der Waals surface area contributed by atoms with Gasteiger partial charge in [-0.15, -0.1) is 0 Å². The smallest absolute Gasteiger partial charge is 0.317 e. The molecule has 126 valence electrons. The molecule has 0 atom stereocenters. The molecule has 1 aliphatic rings. The van der Waals surface area contributed by atoms with Gasteiger partial charge in [-0.1, -0.05) is 12.1 Å². The zero-order chi connectivity index (χ0) is 16.8. The van der Waals surface area contributed by atoms with Crippen LogP contribution in [-0.4, -0.2) is 61.5 Å². The third kappa shape index (κ3) is 4.84. The maximum Gasteiger partial charge on any atom is 0.317 e. The van der Waals surface area contributed by atoms with Crippen LogP contribution in [0, 0.1) is 5.82 Å². The molecule has 1 aromatic carbocycles. The molecule has 0 aliphatic carbocycles. The van der Waals surface area contributed by atoms with Crippen molar-refractivity contribution in [1.29, 1.82) is 0 Å². The molecule has 1 heterocycles. The minimum Gasteiger partial charge on any atom is -0.380 e. The van der Waals surface area contributed by atoms with Gasteiger partial charge in [0, 0.05) is 33.2 Å². The number of urea groups is 1. The van der Waals surface area contributed by atoms with Gasteiger partial charge in [0.05, 0.1) is 12.2 Å². The number of nitrogens with zero attached hydrogens (tertiary/aromatic N) is 2. The van der Waals surface area contributed by atoms with Crippen LogP contribution in [0.3, 0.4) is 0 Å². The number of para-hydroxylation sites is 1. The van der Waals surface area contributed by atoms with Gasteiger partial charge in [0.25, 0.3) is 0 Å². The van der Waals surface area contributed by atoms with E-state index in [0.29, 0.717) is 18.8 Å². The van der Waals surface area contributed by atoms with Crippen LogP contribution < -0.4 is 10.6 Å². The summed E-state index contributed by atoms with van der Waals surface area (Å²) in [5, 5.41) is 5.80. The van der Waals surface area contributed by atoms with E-state index in [2.05, 4.69) is 10.6 Å². The number of halogens is 1. The standard InChI is InChI=1S/C16H23FN4O2/c1-20(2)15(22)11-18-16(23)21-9-7-12(8-10-21)19-14-6-4-3-5-13(14)17/h3-6,12,19H,7-11H2,1-2H3,(H,18,23). The van der Waals surface area contributed by atoms with Crippen molar-refractivity contribution in [2.24, 2.45) is 0 Å². The van der Waals surface area contributed by atoms with Gasteiger partial charge < -0.3 is 20.4 Å². The number of likely N-dealkylation sites (N-methyl/N-ethyl adjacent to an activating group) is 1. The molecule has 2 N–H and O–H groups in total. The minimum absolute atomic E-state index is 0.000755. The maximum absolute atomic E-state index is 13.6. The fourth-order valence-corrected chi connectivity index (χ4v) is 2.45. The predicted molar refractivity (Wildman–Crippen MR) is 86.7 cm³/mol. The fraction of sp³-hybridized carbons (Fsp3) is 0.500. The van der Waals surface area contributed by atoms with E-state index in [9.17, 15) is 14.0 Å². The first-order valence-corrected chi connectivity index (χ1v) is 7.71. The molecule has 1 aliphatic heterocycles. The molecule has 2 rings (SSSR count). The molecule has 0 saturated carbocycles. The van der Waals surface area contributed by atoms with Crippen molar-refractivity contribution >= 4 is 17.6 Å². The second-order valence-corrected chi connectivity index (χ2v) is 5.83. The Labute approximate surface area is 135 Å². The van der Waals surface area contributed by atoms with Crippen molar-refractivity contribution in [3.63, 3.8) is 0 Å². The number of anilines is 1. The number of hydrogen-bond donors (Lipinski definition) is 2. The Balaban J connectivity index is 1.76. The quantitative estimate of drug-likeness (QED) is 0.883. The molecule has 6 nitrogen and oxygen atoms in total. The third-order valence-electron chi connectivity index (χ3n) is 3.91. The summed E-state index contributed by atoms with van der Waals surface area (Å²) in [6.07, 6.45) is 1.48. The molecule has 0 unspecified atom stereocenters. The van der Waals surface area contributed by atoms with Crippen LogP contribution in [0.1, 0.15) is 12.8 Å². The molecule has 7 heteroatoms. The van der Waals surface area contributed by atoms with E-state index < -0.39 is 0 Å². The van der Waals surface area contributed by atoms with Crippen LogP contribution in [-0.2, 0) is 4.79 Å². The number of nitrogens with one attached hydrogen (secondary N) is 2. The summed E-state index contributed by atoms with van der Waals surface area (Å²) in [5.74, 6) is -0.413. The predicted octanol–water partition coefficient (Wildman–Crippen LogP) is 1.50. The molecular formula is C16H23FN4O2. The fourth-order valence-electron chi connectivity index (χ4n) is 2.45. The van der Waals surface area contributed by atoms with Crippen LogP contribution in [0.2, 0.25) is 0 Å². The van der Waals surface area contributed by atoms with Crippen molar-refractivity contribution in [1.82, 2.24) is 15.1 Å². The van der Waals surface area contributed by atoms with Gasteiger partial charge in [-0.25, -0.2) is 9.18 Å². The molecule has 1 saturated heterocycles. The average molecular weight is 322 g/mol. The molecule has 0 aromatic heterocycles. The van der Waals surface area contributed by atoms with Crippen LogP contribution >= 0.6 is 0 Å². The molecule has 0 bridgehead atoms. The van der Waals surface area contributed by atoms with E-state index in [1.807, 2.05) is 0 Å². The highest BCUT2D eigenvalue weighted by molar-refractivity contribution is 5.83. The van der Waals surface area contributed by atoms with E-state index in [1.165, 1.54) is 11.0 Å². The number of benzene rings is 1. The number of piperidine rings is 1. The summed E-state index contributed by atoms with van der Waals surface area (Å²) in [6.45, 7) is 1.15. The van der Waals surface area contributed by atoms with Gasteiger partial charge in [0.2, 0.25) is 5.91 Å². The lowest BCUT2D eigenvalue weighted by atomic mass is 10.0. The number of likely N-dealkylation sites (tertiary alicyclic amines) is 1. The first kappa shape index (κ1) is 17.1. The van der Waals surface area contributed by atoms with Gasteiger partial charge >= 0.3 is 6.03 Å². The first-order chi connectivity index (χ1) is 11.0. The Morgan fingerprint density at radius 1 is 1.26 bits per heavy atom. The van der Waals surface area contributed by atoms with Crippen LogP contribution in [0.15, 0.2) is 24.3 Å². The highest BCUT2D eigenvalue weighted by Gasteiger charge is 2.23. The molecule has 3 amide bonds. The number of hydrogen-bond acceptors (Lipinski definition) is 3. The van der Waals surface area contributed by atoms with E-state index in [1.54, 1.807) is 37.2 Å². The Morgan fingerprint density at radius 2 is 1.91 bits per heavy atom. The minimum atomic E-state index is -0.269. The van der Waals surface area contributed by atoms with Crippen LogP contribution in [0.4, 0.5) is 14.9 Å². The first-order valence-electron chi connectivity index (χ1n) is 7.71. The average Bonchev–Trinajstić information content (AvgIpc) is 2.55. The summed E-state index contributed by atoms with van der Waals surface area (Å²) < 4.78 is 13.6. The highest BCUT2D eigenvalue weighted by atomic mass is 19.1. The summed E-state index contributed by atoms with van der Waals surface area (Å²) in [5.41, 5.74) is 0.493. The Bertz CT molecular complexity index is 557. The lowest BCUT2D eigenvalue weighted by Gasteiger charge is -2.33. The van der Waals surface area contributed by atoms with Crippen molar-refractivity contribution in [2.75, 3.05) is 39.0 Å². The Hall–Kier alpha value is -2.31. The van der Waals surface area contributed by atoms with Crippen LogP contribution in [0.5, 0.6) is 0 Å². The number of amides is 3. The van der Waals surface area contributed by atoms with Gasteiger partial charge in [-0.2, -0.15) is 0 Å². The summed E-state index contributed by atoms with van der Waals surface area (Å²) >= 11 is 0. The number of carbonyl (C=O) groups is 2. The molecule has 0 spiro atoms. The van der Waals surface area contributed by atoms with Gasteiger partial charge in [-0.05, 0) is 25.0 Å². The highest BCUT2D eigenvalue weighted by Crippen LogP contribution is 2.19. The van der Waals surface area contributed by atoms with Crippen molar-refractivity contribution in [3.8, 4) is 0 Å². The van der Waals surface area contributed by atoms with Crippen molar-refractivity contribution < 1.29 is 14.0 Å². The summed E-state index contributed by atoms with van der Waals surface area (Å²) in [6, 6.07) is 6.48. The molecule has 1 fully saturated rings. The number of carbonyl (C=O) groups excluding carboxylic acids is 2. The van der Waals surface area contributed by atoms with Crippen LogP contribution in [0.25, 0.3) is 0 Å². The second-order valence-electron chi connectivity index (χ2n) is 5.83. The SMILES string of the molecule is CN(C)C(=O)CNC(=O)N1CCC(Nc2ccccc2F)CC1. The topological polar surface area (TPSA) is 64.7 Å². The normalized spacial score (nSPS) is 15.2. The Kier molecular flexibility index (Phi) is 5.78. The largest absolute Gasteiger partial charge is 0.380 e. The molecule has 1 aromatic rings. The second kappa shape index (κ2) is 7.80. The van der Waals surface area contributed by atoms with Gasteiger partial charge in [0.1, 0.15) is 5.82 Å². The van der Waals surface area contributed by atoms with E-state index in [4.69, 9.17) is 0 Å². The zero-order valence-corrected chi connectivity index (χ0v) is 13.5. The lowest BCUT2D eigenvalue weighted by Crippen LogP contribution is -2.48. The van der Waals surface area contributed by atoms with E-state index in [-0.39, 0.29) is 30.3 Å². The lowest BCUT2D eigenvalue weighted by molar-refractivity contribution is -0.127. The molecule has 23 heavy (non-hydrogen) atoms. The van der Waals surface area contributed by atoms with E-state index in [0.717, 1.165) is 12.8 Å². The summed E-state index contributed by atoms with van der Waals surface area (Å²) in [4.78, 5) is 26.6. The van der Waals surface area contributed by atoms with E-state index >= 15 is 0 Å². The molecular weight excluding hydrogens is 299 g/mol. The monoisotopic (exact) mass is 322 g/mol. The maximum atomic E-state index is 13.6. The van der Waals surface area contributed by atoms with Gasteiger partial charge in [-0.3, -0.25) is 4.79 Å².